The molecule has 0 saturated carbocycles. The van der Waals surface area contributed by atoms with Gasteiger partial charge in [-0.05, 0) is 25.5 Å². The average Bonchev–Trinajstić information content (AvgIpc) is 2.30. The highest BCUT2D eigenvalue weighted by Crippen LogP contribution is 2.25. The molecule has 0 aliphatic carbocycles. The zero-order valence-electron chi connectivity index (χ0n) is 7.40. The minimum atomic E-state index is -0.871. The van der Waals surface area contributed by atoms with Crippen LogP contribution in [0, 0.1) is 6.92 Å². The van der Waals surface area contributed by atoms with Gasteiger partial charge in [-0.3, -0.25) is 0 Å². The fourth-order valence-corrected chi connectivity index (χ4v) is 1.91. The highest BCUT2D eigenvalue weighted by Gasteiger charge is 2.13. The van der Waals surface area contributed by atoms with E-state index in [9.17, 15) is 4.79 Å². The molecule has 0 aliphatic heterocycles. The third-order valence-electron chi connectivity index (χ3n) is 1.58. The second-order valence-corrected chi connectivity index (χ2v) is 3.84. The van der Waals surface area contributed by atoms with Crippen LogP contribution in [-0.2, 0) is 0 Å². The SMILES string of the molecule is Cc1cc(C(C)N)sc1C(=O)O.Cl. The summed E-state index contributed by atoms with van der Waals surface area (Å²) in [7, 11) is 0. The van der Waals surface area contributed by atoms with Crippen molar-refractivity contribution in [1.29, 1.82) is 0 Å². The molecular weight excluding hydrogens is 210 g/mol. The molecule has 74 valence electrons. The van der Waals surface area contributed by atoms with Gasteiger partial charge < -0.3 is 10.8 Å². The van der Waals surface area contributed by atoms with Gasteiger partial charge in [0.2, 0.25) is 0 Å². The minimum absolute atomic E-state index is 0. The summed E-state index contributed by atoms with van der Waals surface area (Å²) in [5.74, 6) is -0.871. The summed E-state index contributed by atoms with van der Waals surface area (Å²) in [5.41, 5.74) is 6.41. The van der Waals surface area contributed by atoms with Crippen LogP contribution in [0.2, 0.25) is 0 Å². The lowest BCUT2D eigenvalue weighted by atomic mass is 10.2. The van der Waals surface area contributed by atoms with Crippen molar-refractivity contribution in [1.82, 2.24) is 0 Å². The summed E-state index contributed by atoms with van der Waals surface area (Å²) in [4.78, 5) is 11.9. The van der Waals surface area contributed by atoms with Gasteiger partial charge in [-0.25, -0.2) is 4.79 Å². The second kappa shape index (κ2) is 4.60. The van der Waals surface area contributed by atoms with Crippen LogP contribution < -0.4 is 5.73 Å². The van der Waals surface area contributed by atoms with Crippen molar-refractivity contribution in [2.45, 2.75) is 19.9 Å². The topological polar surface area (TPSA) is 63.3 Å². The first kappa shape index (κ1) is 12.4. The van der Waals surface area contributed by atoms with Crippen LogP contribution in [-0.4, -0.2) is 11.1 Å². The highest BCUT2D eigenvalue weighted by atomic mass is 35.5. The van der Waals surface area contributed by atoms with Gasteiger partial charge in [-0.15, -0.1) is 23.7 Å². The third kappa shape index (κ3) is 2.69. The molecule has 0 aliphatic rings. The molecule has 1 rings (SSSR count). The summed E-state index contributed by atoms with van der Waals surface area (Å²) in [6.45, 7) is 3.63. The number of hydrogen-bond donors (Lipinski definition) is 2. The predicted molar refractivity (Wildman–Crippen MR) is 55.9 cm³/mol. The molecule has 1 heterocycles. The maximum absolute atomic E-state index is 10.6. The molecule has 0 radical (unpaired) electrons. The Balaban J connectivity index is 0.00000144. The number of hydrogen-bond acceptors (Lipinski definition) is 3. The number of nitrogens with two attached hydrogens (primary N) is 1. The first-order chi connectivity index (χ1) is 5.52. The monoisotopic (exact) mass is 221 g/mol. The van der Waals surface area contributed by atoms with Gasteiger partial charge in [0.15, 0.2) is 0 Å². The molecule has 1 atom stereocenters. The number of carboxylic acids is 1. The molecule has 1 aromatic heterocycles. The average molecular weight is 222 g/mol. The van der Waals surface area contributed by atoms with Gasteiger partial charge in [-0.1, -0.05) is 0 Å². The standard InChI is InChI=1S/C8H11NO2S.ClH/c1-4-3-6(5(2)9)12-7(4)8(10)11;/h3,5H,9H2,1-2H3,(H,10,11);1H. The first-order valence-electron chi connectivity index (χ1n) is 3.61. The molecular formula is C8H12ClNO2S. The van der Waals surface area contributed by atoms with Crippen molar-refractivity contribution in [2.24, 2.45) is 5.73 Å². The minimum Gasteiger partial charge on any atom is -0.477 e. The number of thiophene rings is 1. The van der Waals surface area contributed by atoms with Crippen LogP contribution in [0.25, 0.3) is 0 Å². The van der Waals surface area contributed by atoms with Crippen LogP contribution >= 0.6 is 23.7 Å². The quantitative estimate of drug-likeness (QED) is 0.805. The molecule has 1 unspecified atom stereocenters. The van der Waals surface area contributed by atoms with Gasteiger partial charge in [0.25, 0.3) is 0 Å². The van der Waals surface area contributed by atoms with Crippen LogP contribution in [0.4, 0.5) is 0 Å². The Morgan fingerprint density at radius 3 is 2.46 bits per heavy atom. The molecule has 0 fully saturated rings. The van der Waals surface area contributed by atoms with E-state index >= 15 is 0 Å². The van der Waals surface area contributed by atoms with E-state index in [1.807, 2.05) is 13.0 Å². The van der Waals surface area contributed by atoms with Crippen molar-refractivity contribution in [3.63, 3.8) is 0 Å². The van der Waals surface area contributed by atoms with E-state index in [-0.39, 0.29) is 18.4 Å². The van der Waals surface area contributed by atoms with Crippen molar-refractivity contribution in [3.8, 4) is 0 Å². The summed E-state index contributed by atoms with van der Waals surface area (Å²) < 4.78 is 0. The van der Waals surface area contributed by atoms with Crippen LogP contribution in [0.1, 0.15) is 33.1 Å². The number of rotatable bonds is 2. The molecule has 0 amide bonds. The third-order valence-corrected chi connectivity index (χ3v) is 3.01. The Hall–Kier alpha value is -0.580. The lowest BCUT2D eigenvalue weighted by Gasteiger charge is -1.97. The van der Waals surface area contributed by atoms with E-state index in [1.54, 1.807) is 6.92 Å². The Morgan fingerprint density at radius 2 is 2.23 bits per heavy atom. The summed E-state index contributed by atoms with van der Waals surface area (Å²) in [5, 5.41) is 8.73. The summed E-state index contributed by atoms with van der Waals surface area (Å²) in [6.07, 6.45) is 0. The van der Waals surface area contributed by atoms with E-state index in [0.717, 1.165) is 10.4 Å². The number of halogens is 1. The largest absolute Gasteiger partial charge is 0.477 e. The smallest absolute Gasteiger partial charge is 0.346 e. The molecule has 13 heavy (non-hydrogen) atoms. The van der Waals surface area contributed by atoms with Crippen molar-refractivity contribution in [2.75, 3.05) is 0 Å². The molecule has 0 bridgehead atoms. The number of aromatic carboxylic acids is 1. The molecule has 3 nitrogen and oxygen atoms in total. The number of carbonyl (C=O) groups is 1. The molecule has 3 N–H and O–H groups in total. The van der Waals surface area contributed by atoms with Crippen LogP contribution in [0.3, 0.4) is 0 Å². The van der Waals surface area contributed by atoms with Crippen molar-refractivity contribution >= 4 is 29.7 Å². The van der Waals surface area contributed by atoms with Gasteiger partial charge in [0.1, 0.15) is 4.88 Å². The fourth-order valence-electron chi connectivity index (χ4n) is 0.943. The van der Waals surface area contributed by atoms with Gasteiger partial charge in [0.05, 0.1) is 0 Å². The predicted octanol–water partition coefficient (Wildman–Crippen LogP) is 2.20. The lowest BCUT2D eigenvalue weighted by Crippen LogP contribution is -2.01. The Kier molecular flexibility index (Phi) is 4.39. The normalized spacial score (nSPS) is 11.9. The molecule has 0 aromatic carbocycles. The Morgan fingerprint density at radius 1 is 1.69 bits per heavy atom. The molecule has 1 aromatic rings. The van der Waals surface area contributed by atoms with Crippen molar-refractivity contribution < 1.29 is 9.90 Å². The zero-order valence-corrected chi connectivity index (χ0v) is 9.04. The molecule has 0 spiro atoms. The van der Waals surface area contributed by atoms with E-state index in [0.29, 0.717) is 4.88 Å². The highest BCUT2D eigenvalue weighted by molar-refractivity contribution is 7.14. The van der Waals surface area contributed by atoms with E-state index in [2.05, 4.69) is 0 Å². The fraction of sp³-hybridized carbons (Fsp3) is 0.375. The van der Waals surface area contributed by atoms with E-state index < -0.39 is 5.97 Å². The van der Waals surface area contributed by atoms with Gasteiger partial charge >= 0.3 is 5.97 Å². The van der Waals surface area contributed by atoms with Gasteiger partial charge in [0, 0.05) is 10.9 Å². The molecule has 5 heteroatoms. The number of carboxylic acid groups (broad SMARTS) is 1. The maximum Gasteiger partial charge on any atom is 0.346 e. The van der Waals surface area contributed by atoms with Gasteiger partial charge in [-0.2, -0.15) is 0 Å². The zero-order chi connectivity index (χ0) is 9.30. The maximum atomic E-state index is 10.6. The van der Waals surface area contributed by atoms with E-state index in [4.69, 9.17) is 10.8 Å². The second-order valence-electron chi connectivity index (χ2n) is 2.75. The first-order valence-corrected chi connectivity index (χ1v) is 4.43. The molecule has 0 saturated heterocycles. The summed E-state index contributed by atoms with van der Waals surface area (Å²) in [6, 6.07) is 1.75. The van der Waals surface area contributed by atoms with Crippen LogP contribution in [0.5, 0.6) is 0 Å². The Bertz CT molecular complexity index is 309. The Labute approximate surface area is 87.0 Å². The number of aryl methyl sites for hydroxylation is 1. The lowest BCUT2D eigenvalue weighted by molar-refractivity contribution is 0.0701. The van der Waals surface area contributed by atoms with Crippen LogP contribution in [0.15, 0.2) is 6.07 Å². The van der Waals surface area contributed by atoms with E-state index in [1.165, 1.54) is 11.3 Å². The van der Waals surface area contributed by atoms with Crippen molar-refractivity contribution in [3.05, 3.63) is 21.4 Å². The summed E-state index contributed by atoms with van der Waals surface area (Å²) >= 11 is 1.25.